The van der Waals surface area contributed by atoms with Gasteiger partial charge in [-0.3, -0.25) is 4.90 Å². The molecule has 0 radical (unpaired) electrons. The molecule has 1 unspecified atom stereocenters. The highest BCUT2D eigenvalue weighted by Gasteiger charge is 2.18. The van der Waals surface area contributed by atoms with Crippen molar-refractivity contribution in [3.8, 4) is 5.75 Å². The number of carbonyl (C=O) groups excluding carboxylic acids is 1. The van der Waals surface area contributed by atoms with Crippen molar-refractivity contribution < 1.29 is 24.1 Å². The van der Waals surface area contributed by atoms with Crippen LogP contribution >= 0.6 is 0 Å². The van der Waals surface area contributed by atoms with Crippen molar-refractivity contribution in [2.75, 3.05) is 40.5 Å². The highest BCUT2D eigenvalue weighted by Crippen LogP contribution is 2.28. The van der Waals surface area contributed by atoms with Crippen LogP contribution in [0.4, 0.5) is 0 Å². The van der Waals surface area contributed by atoms with Crippen molar-refractivity contribution in [2.24, 2.45) is 0 Å². The standard InChI is InChI=1S/C28H33NO5/c1-32-26-19-24(28(31)33-2)12-11-23(26)18-22-7-4-6-21-10-9-20(17-25(21)22)5-3-8-27(30)29-13-15-34-16-14-29/h4,6-7,9-12,17,19,27,30H,3,5,8,13-16,18H2,1-2H3. The maximum Gasteiger partial charge on any atom is 0.337 e. The molecule has 0 amide bonds. The van der Waals surface area contributed by atoms with Gasteiger partial charge in [-0.2, -0.15) is 0 Å². The fourth-order valence-corrected chi connectivity index (χ4v) is 4.58. The van der Waals surface area contributed by atoms with Gasteiger partial charge in [-0.15, -0.1) is 0 Å². The van der Waals surface area contributed by atoms with Crippen molar-refractivity contribution in [1.82, 2.24) is 4.90 Å². The van der Waals surface area contributed by atoms with Crippen molar-refractivity contribution in [3.05, 3.63) is 76.9 Å². The Balaban J connectivity index is 1.48. The summed E-state index contributed by atoms with van der Waals surface area (Å²) in [5.74, 6) is 0.298. The minimum atomic E-state index is -0.402. The number of benzene rings is 3. The molecule has 3 aromatic carbocycles. The zero-order chi connectivity index (χ0) is 23.9. The van der Waals surface area contributed by atoms with E-state index in [4.69, 9.17) is 14.2 Å². The predicted molar refractivity (Wildman–Crippen MR) is 132 cm³/mol. The second-order valence-corrected chi connectivity index (χ2v) is 8.69. The highest BCUT2D eigenvalue weighted by molar-refractivity contribution is 5.90. The molecule has 1 fully saturated rings. The van der Waals surface area contributed by atoms with Gasteiger partial charge in [-0.05, 0) is 58.9 Å². The summed E-state index contributed by atoms with van der Waals surface area (Å²) in [6.07, 6.45) is 2.89. The number of hydrogen-bond acceptors (Lipinski definition) is 6. The van der Waals surface area contributed by atoms with E-state index in [2.05, 4.69) is 41.3 Å². The third-order valence-electron chi connectivity index (χ3n) is 6.52. The first-order chi connectivity index (χ1) is 16.6. The summed E-state index contributed by atoms with van der Waals surface area (Å²) >= 11 is 0. The average molecular weight is 464 g/mol. The van der Waals surface area contributed by atoms with Crippen LogP contribution in [0.5, 0.6) is 5.75 Å². The summed E-state index contributed by atoms with van der Waals surface area (Å²) in [6, 6.07) is 18.4. The summed E-state index contributed by atoms with van der Waals surface area (Å²) in [5.41, 5.74) is 3.96. The maximum atomic E-state index is 11.9. The molecule has 0 aliphatic carbocycles. The SMILES string of the molecule is COC(=O)c1ccc(Cc2cccc3ccc(CCCC(O)N4CCOCC4)cc23)c(OC)c1. The third kappa shape index (κ3) is 5.76. The number of hydrogen-bond donors (Lipinski definition) is 1. The van der Waals surface area contributed by atoms with E-state index in [1.807, 2.05) is 6.07 Å². The van der Waals surface area contributed by atoms with Gasteiger partial charge in [0.2, 0.25) is 0 Å². The van der Waals surface area contributed by atoms with Crippen LogP contribution in [0.1, 0.15) is 39.9 Å². The summed E-state index contributed by atoms with van der Waals surface area (Å²) in [7, 11) is 2.99. The second kappa shape index (κ2) is 11.5. The quantitative estimate of drug-likeness (QED) is 0.480. The summed E-state index contributed by atoms with van der Waals surface area (Å²) in [4.78, 5) is 14.0. The molecule has 180 valence electrons. The van der Waals surface area contributed by atoms with Crippen LogP contribution in [0, 0.1) is 0 Å². The molecule has 1 aliphatic heterocycles. The number of rotatable bonds is 9. The fraction of sp³-hybridized carbons (Fsp3) is 0.393. The van der Waals surface area contributed by atoms with Gasteiger partial charge in [0.05, 0.1) is 33.0 Å². The first-order valence-electron chi connectivity index (χ1n) is 11.8. The normalized spacial score (nSPS) is 15.3. The van der Waals surface area contributed by atoms with Crippen LogP contribution < -0.4 is 4.74 Å². The Bertz CT molecular complexity index is 1120. The van der Waals surface area contributed by atoms with Gasteiger partial charge in [0, 0.05) is 19.5 Å². The molecule has 0 bridgehead atoms. The van der Waals surface area contributed by atoms with Crippen molar-refractivity contribution in [2.45, 2.75) is 31.9 Å². The molecule has 1 saturated heterocycles. The third-order valence-corrected chi connectivity index (χ3v) is 6.52. The lowest BCUT2D eigenvalue weighted by molar-refractivity contribution is -0.0621. The van der Waals surface area contributed by atoms with E-state index in [0.29, 0.717) is 30.9 Å². The summed E-state index contributed by atoms with van der Waals surface area (Å²) < 4.78 is 15.8. The number of aliphatic hydroxyl groups is 1. The van der Waals surface area contributed by atoms with E-state index in [9.17, 15) is 9.90 Å². The molecular weight excluding hydrogens is 430 g/mol. The van der Waals surface area contributed by atoms with Crippen molar-refractivity contribution in [3.63, 3.8) is 0 Å². The first-order valence-corrected chi connectivity index (χ1v) is 11.8. The number of methoxy groups -OCH3 is 2. The molecule has 1 aliphatic rings. The second-order valence-electron chi connectivity index (χ2n) is 8.69. The number of carbonyl (C=O) groups is 1. The first kappa shape index (κ1) is 24.2. The van der Waals surface area contributed by atoms with Crippen LogP contribution in [0.2, 0.25) is 0 Å². The van der Waals surface area contributed by atoms with Crippen LogP contribution in [-0.2, 0) is 22.3 Å². The Kier molecular flexibility index (Phi) is 8.16. The van der Waals surface area contributed by atoms with Crippen LogP contribution in [0.15, 0.2) is 54.6 Å². The number of nitrogens with zero attached hydrogens (tertiary/aromatic N) is 1. The van der Waals surface area contributed by atoms with Gasteiger partial charge in [-0.25, -0.2) is 4.79 Å². The van der Waals surface area contributed by atoms with E-state index in [1.165, 1.54) is 29.0 Å². The van der Waals surface area contributed by atoms with Gasteiger partial charge in [0.1, 0.15) is 12.0 Å². The Labute approximate surface area is 201 Å². The Hall–Kier alpha value is -2.93. The van der Waals surface area contributed by atoms with E-state index in [0.717, 1.165) is 37.9 Å². The number of aliphatic hydroxyl groups excluding tert-OH is 1. The molecule has 0 saturated carbocycles. The van der Waals surface area contributed by atoms with E-state index in [1.54, 1.807) is 19.2 Å². The number of ether oxygens (including phenoxy) is 3. The largest absolute Gasteiger partial charge is 0.496 e. The molecule has 6 heteroatoms. The lowest BCUT2D eigenvalue weighted by Gasteiger charge is -2.31. The van der Waals surface area contributed by atoms with Crippen LogP contribution in [0.25, 0.3) is 10.8 Å². The number of aryl methyl sites for hydroxylation is 1. The average Bonchev–Trinajstić information content (AvgIpc) is 2.89. The molecule has 1 atom stereocenters. The topological polar surface area (TPSA) is 68.2 Å². The van der Waals surface area contributed by atoms with E-state index < -0.39 is 6.23 Å². The summed E-state index contributed by atoms with van der Waals surface area (Å²) in [5, 5.41) is 12.9. The molecule has 6 nitrogen and oxygen atoms in total. The van der Waals surface area contributed by atoms with Crippen molar-refractivity contribution in [1.29, 1.82) is 0 Å². The predicted octanol–water partition coefficient (Wildman–Crippen LogP) is 4.20. The van der Waals surface area contributed by atoms with E-state index in [-0.39, 0.29) is 5.97 Å². The van der Waals surface area contributed by atoms with Gasteiger partial charge in [-0.1, -0.05) is 42.5 Å². The van der Waals surface area contributed by atoms with E-state index >= 15 is 0 Å². The minimum Gasteiger partial charge on any atom is -0.496 e. The van der Waals surface area contributed by atoms with Gasteiger partial charge >= 0.3 is 5.97 Å². The van der Waals surface area contributed by atoms with Gasteiger partial charge in [0.15, 0.2) is 0 Å². The van der Waals surface area contributed by atoms with Gasteiger partial charge < -0.3 is 19.3 Å². The fourth-order valence-electron chi connectivity index (χ4n) is 4.58. The highest BCUT2D eigenvalue weighted by atomic mass is 16.5. The lowest BCUT2D eigenvalue weighted by Crippen LogP contribution is -2.43. The smallest absolute Gasteiger partial charge is 0.337 e. The Morgan fingerprint density at radius 3 is 2.65 bits per heavy atom. The zero-order valence-electron chi connectivity index (χ0n) is 20.0. The van der Waals surface area contributed by atoms with Gasteiger partial charge in [0.25, 0.3) is 0 Å². The maximum absolute atomic E-state index is 11.9. The van der Waals surface area contributed by atoms with Crippen LogP contribution in [-0.4, -0.2) is 62.7 Å². The summed E-state index contributed by atoms with van der Waals surface area (Å²) in [6.45, 7) is 2.98. The zero-order valence-corrected chi connectivity index (χ0v) is 20.0. The number of fused-ring (bicyclic) bond motifs is 1. The molecule has 0 aromatic heterocycles. The molecular formula is C28H33NO5. The number of morpholine rings is 1. The molecule has 4 rings (SSSR count). The monoisotopic (exact) mass is 463 g/mol. The molecule has 0 spiro atoms. The molecule has 34 heavy (non-hydrogen) atoms. The number of esters is 1. The Morgan fingerprint density at radius 1 is 1.06 bits per heavy atom. The minimum absolute atomic E-state index is 0.376. The molecule has 1 heterocycles. The molecule has 1 N–H and O–H groups in total. The van der Waals surface area contributed by atoms with Crippen molar-refractivity contribution >= 4 is 16.7 Å². The van der Waals surface area contributed by atoms with Crippen LogP contribution in [0.3, 0.4) is 0 Å². The Morgan fingerprint density at radius 2 is 1.88 bits per heavy atom. The lowest BCUT2D eigenvalue weighted by atomic mass is 9.95. The molecule has 3 aromatic rings.